The minimum atomic E-state index is -1.08. The van der Waals surface area contributed by atoms with Crippen LogP contribution in [0.2, 0.25) is 0 Å². The van der Waals surface area contributed by atoms with E-state index in [1.165, 1.54) is 4.68 Å². The highest BCUT2D eigenvalue weighted by molar-refractivity contribution is 6.03. The lowest BCUT2D eigenvalue weighted by Crippen LogP contribution is -2.60. The zero-order chi connectivity index (χ0) is 21.5. The molecule has 1 aromatic rings. The first kappa shape index (κ1) is 20.9. The number of nitrogens with two attached hydrogens (primary N) is 1. The van der Waals surface area contributed by atoms with Crippen LogP contribution in [0.3, 0.4) is 0 Å². The maximum Gasteiger partial charge on any atom is 0.259 e. The number of likely N-dealkylation sites (tertiary alicyclic amines) is 1. The summed E-state index contributed by atoms with van der Waals surface area (Å²) in [6.45, 7) is 4.44. The Hall–Kier alpha value is -1.98. The summed E-state index contributed by atoms with van der Waals surface area (Å²) in [7, 11) is 0. The third kappa shape index (κ3) is 3.98. The molecule has 0 aliphatic carbocycles. The van der Waals surface area contributed by atoms with Crippen LogP contribution in [0.4, 0.5) is 20.4 Å². The molecule has 172 valence electrons. The fraction of sp³-hybridized carbons (Fsp3) is 0.800. The molecule has 0 spiro atoms. The second kappa shape index (κ2) is 8.51. The molecule has 0 aromatic carbocycles. The summed E-state index contributed by atoms with van der Waals surface area (Å²) in [5.74, 6) is 0.0575. The number of hydrogen-bond donors (Lipinski definition) is 4. The number of ether oxygens (including phenoxy) is 1. The molecule has 31 heavy (non-hydrogen) atoms. The van der Waals surface area contributed by atoms with Crippen LogP contribution >= 0.6 is 0 Å². The Bertz CT molecular complexity index is 810. The molecule has 11 heteroatoms. The van der Waals surface area contributed by atoms with Crippen molar-refractivity contribution in [2.75, 3.05) is 57.0 Å². The number of alkyl halides is 2. The van der Waals surface area contributed by atoms with Crippen LogP contribution in [0.15, 0.2) is 0 Å². The summed E-state index contributed by atoms with van der Waals surface area (Å²) < 4.78 is 35.4. The van der Waals surface area contributed by atoms with Crippen LogP contribution in [-0.4, -0.2) is 91.0 Å². The number of fused-ring (bicyclic) bond motifs is 1. The molecule has 0 saturated carbocycles. The van der Waals surface area contributed by atoms with Crippen molar-refractivity contribution in [2.45, 2.75) is 43.8 Å². The van der Waals surface area contributed by atoms with Crippen LogP contribution in [0.25, 0.3) is 0 Å². The molecule has 4 unspecified atom stereocenters. The van der Waals surface area contributed by atoms with E-state index in [4.69, 9.17) is 10.5 Å². The van der Waals surface area contributed by atoms with Gasteiger partial charge in [0.15, 0.2) is 5.82 Å². The maximum atomic E-state index is 15.1. The highest BCUT2D eigenvalue weighted by Gasteiger charge is 2.42. The number of halogens is 2. The first-order valence-electron chi connectivity index (χ1n) is 11.2. The van der Waals surface area contributed by atoms with Gasteiger partial charge in [-0.3, -0.25) is 9.69 Å². The average Bonchev–Trinajstić information content (AvgIpc) is 3.02. The van der Waals surface area contributed by atoms with Crippen LogP contribution in [0.5, 0.6) is 0 Å². The number of carbonyl (C=O) groups excluding carboxylic acids is 1. The number of hydrogen-bond acceptors (Lipinski definition) is 7. The number of nitrogens with zero attached hydrogens (tertiary/aromatic N) is 3. The molecule has 4 atom stereocenters. The lowest BCUT2D eigenvalue weighted by atomic mass is 9.75. The average molecular weight is 440 g/mol. The molecule has 0 bridgehead atoms. The van der Waals surface area contributed by atoms with Gasteiger partial charge in [-0.1, -0.05) is 0 Å². The van der Waals surface area contributed by atoms with E-state index in [9.17, 15) is 9.18 Å². The molecule has 0 radical (unpaired) electrons. The van der Waals surface area contributed by atoms with E-state index in [1.807, 2.05) is 0 Å². The van der Waals surface area contributed by atoms with Gasteiger partial charge in [-0.15, -0.1) is 0 Å². The molecule has 5 heterocycles. The summed E-state index contributed by atoms with van der Waals surface area (Å²) in [5, 5.41) is 13.1. The predicted molar refractivity (Wildman–Crippen MR) is 111 cm³/mol. The summed E-state index contributed by atoms with van der Waals surface area (Å²) in [5.41, 5.74) is 6.19. The standard InChI is InChI=1S/C20H31F2N7O2/c21-12-5-25-19-17(18(23)27-29(19)8-12)20(30)26-15-7-24-6-14(22)16(15)11-1-3-28(4-2-11)13-9-31-10-13/h11-16,24-25H,1-10H2,(H2,23,27)(H,26,30). The second-order valence-corrected chi connectivity index (χ2v) is 9.17. The monoisotopic (exact) mass is 439 g/mol. The van der Waals surface area contributed by atoms with Crippen molar-refractivity contribution in [3.63, 3.8) is 0 Å². The number of amides is 1. The molecular weight excluding hydrogens is 408 g/mol. The quantitative estimate of drug-likeness (QED) is 0.523. The van der Waals surface area contributed by atoms with Crippen molar-refractivity contribution in [1.29, 1.82) is 0 Å². The SMILES string of the molecule is Nc1nn2c(c1C(=O)NC1CNCC(F)C1C1CCN(C3COC3)CC1)NCC(F)C2. The lowest BCUT2D eigenvalue weighted by Gasteiger charge is -2.46. The van der Waals surface area contributed by atoms with Crippen LogP contribution in [-0.2, 0) is 11.3 Å². The zero-order valence-electron chi connectivity index (χ0n) is 17.5. The van der Waals surface area contributed by atoms with Crippen molar-refractivity contribution in [1.82, 2.24) is 25.3 Å². The minimum Gasteiger partial charge on any atom is -0.381 e. The van der Waals surface area contributed by atoms with Gasteiger partial charge in [-0.2, -0.15) is 5.10 Å². The summed E-state index contributed by atoms with van der Waals surface area (Å²) in [4.78, 5) is 15.6. The van der Waals surface area contributed by atoms with E-state index in [-0.39, 0.29) is 42.3 Å². The number of anilines is 2. The van der Waals surface area contributed by atoms with E-state index in [2.05, 4.69) is 25.9 Å². The number of nitrogens with one attached hydrogen (secondary N) is 3. The highest BCUT2D eigenvalue weighted by atomic mass is 19.1. The number of nitrogen functional groups attached to an aromatic ring is 1. The van der Waals surface area contributed by atoms with Gasteiger partial charge in [0.1, 0.15) is 23.7 Å². The Labute approximate surface area is 180 Å². The zero-order valence-corrected chi connectivity index (χ0v) is 17.5. The van der Waals surface area contributed by atoms with Crippen molar-refractivity contribution >= 4 is 17.5 Å². The maximum absolute atomic E-state index is 15.1. The van der Waals surface area contributed by atoms with Gasteiger partial charge in [0.05, 0.1) is 25.8 Å². The van der Waals surface area contributed by atoms with Gasteiger partial charge in [-0.25, -0.2) is 13.5 Å². The van der Waals surface area contributed by atoms with E-state index >= 15 is 4.39 Å². The van der Waals surface area contributed by atoms with E-state index in [1.54, 1.807) is 0 Å². The third-order valence-corrected chi connectivity index (χ3v) is 7.23. The number of aromatic nitrogens is 2. The first-order valence-corrected chi connectivity index (χ1v) is 11.2. The van der Waals surface area contributed by atoms with Crippen LogP contribution in [0.1, 0.15) is 23.2 Å². The molecule has 3 saturated heterocycles. The first-order chi connectivity index (χ1) is 15.0. The van der Waals surface area contributed by atoms with E-state index < -0.39 is 18.3 Å². The smallest absolute Gasteiger partial charge is 0.259 e. The number of rotatable bonds is 4. The minimum absolute atomic E-state index is 0.0576. The molecule has 9 nitrogen and oxygen atoms in total. The molecule has 3 fully saturated rings. The fourth-order valence-electron chi connectivity index (χ4n) is 5.49. The van der Waals surface area contributed by atoms with Crippen LogP contribution < -0.4 is 21.7 Å². The molecule has 5 rings (SSSR count). The Balaban J connectivity index is 1.28. The molecule has 4 aliphatic rings. The van der Waals surface area contributed by atoms with Gasteiger partial charge in [0.25, 0.3) is 5.91 Å². The van der Waals surface area contributed by atoms with Crippen molar-refractivity contribution in [3.05, 3.63) is 5.56 Å². The number of carbonyl (C=O) groups is 1. The fourth-order valence-corrected chi connectivity index (χ4v) is 5.49. The van der Waals surface area contributed by atoms with E-state index in [0.717, 1.165) is 39.1 Å². The normalized spacial score (nSPS) is 32.7. The van der Waals surface area contributed by atoms with Crippen molar-refractivity contribution in [3.8, 4) is 0 Å². The summed E-state index contributed by atoms with van der Waals surface area (Å²) in [6, 6.07) is 0.158. The molecule has 4 aliphatic heterocycles. The molecule has 5 N–H and O–H groups in total. The molecule has 1 aromatic heterocycles. The van der Waals surface area contributed by atoms with E-state index in [0.29, 0.717) is 24.9 Å². The Morgan fingerprint density at radius 2 is 1.97 bits per heavy atom. The molecular formula is C20H31F2N7O2. The highest BCUT2D eigenvalue weighted by Crippen LogP contribution is 2.34. The Kier molecular flexibility index (Phi) is 5.74. The topological polar surface area (TPSA) is 109 Å². The third-order valence-electron chi connectivity index (χ3n) is 7.23. The summed E-state index contributed by atoms with van der Waals surface area (Å²) in [6.07, 6.45) is -0.275. The van der Waals surface area contributed by atoms with Gasteiger partial charge < -0.3 is 26.4 Å². The summed E-state index contributed by atoms with van der Waals surface area (Å²) >= 11 is 0. The van der Waals surface area contributed by atoms with Gasteiger partial charge in [0.2, 0.25) is 0 Å². The van der Waals surface area contributed by atoms with Gasteiger partial charge in [0, 0.05) is 31.6 Å². The molecule has 1 amide bonds. The Morgan fingerprint density at radius 1 is 1.19 bits per heavy atom. The van der Waals surface area contributed by atoms with Crippen molar-refractivity contribution in [2.24, 2.45) is 11.8 Å². The van der Waals surface area contributed by atoms with Gasteiger partial charge in [-0.05, 0) is 31.8 Å². The predicted octanol–water partition coefficient (Wildman–Crippen LogP) is -0.00440. The van der Waals surface area contributed by atoms with Crippen LogP contribution in [0, 0.1) is 11.8 Å². The number of piperidine rings is 2. The van der Waals surface area contributed by atoms with Crippen molar-refractivity contribution < 1.29 is 18.3 Å². The van der Waals surface area contributed by atoms with Gasteiger partial charge >= 0.3 is 0 Å². The second-order valence-electron chi connectivity index (χ2n) is 9.17. The largest absolute Gasteiger partial charge is 0.381 e. The lowest BCUT2D eigenvalue weighted by molar-refractivity contribution is -0.0791. The Morgan fingerprint density at radius 3 is 2.68 bits per heavy atom.